The van der Waals surface area contributed by atoms with Crippen LogP contribution in [0.5, 0.6) is 0 Å². The second-order valence-electron chi connectivity index (χ2n) is 15.6. The van der Waals surface area contributed by atoms with Gasteiger partial charge in [-0.3, -0.25) is 0 Å². The van der Waals surface area contributed by atoms with E-state index in [2.05, 4.69) is 254 Å². The van der Waals surface area contributed by atoms with Crippen LogP contribution in [0, 0.1) is 0 Å². The molecular weight excluding hydrogens is 723 g/mol. The highest BCUT2D eigenvalue weighted by atomic mass is 15.1. The highest BCUT2D eigenvalue weighted by Gasteiger charge is 2.48. The van der Waals surface area contributed by atoms with Gasteiger partial charge in [0.15, 0.2) is 0 Å². The lowest BCUT2D eigenvalue weighted by Crippen LogP contribution is -2.29. The van der Waals surface area contributed by atoms with Gasteiger partial charge in [-0.1, -0.05) is 212 Å². The minimum absolute atomic E-state index is 0.586. The molecule has 1 heteroatoms. The maximum Gasteiger partial charge on any atom is 0.0720 e. The first-order valence-corrected chi connectivity index (χ1v) is 20.8. The molecule has 1 nitrogen and oxygen atoms in total. The van der Waals surface area contributed by atoms with Crippen molar-refractivity contribution in [3.05, 3.63) is 271 Å². The van der Waals surface area contributed by atoms with Gasteiger partial charge in [0.2, 0.25) is 0 Å². The van der Waals surface area contributed by atoms with Crippen LogP contribution < -0.4 is 4.90 Å². The van der Waals surface area contributed by atoms with Crippen LogP contribution in [0.1, 0.15) is 22.3 Å². The van der Waals surface area contributed by atoms with Gasteiger partial charge in [0.25, 0.3) is 0 Å². The molecule has 0 saturated heterocycles. The second-order valence-corrected chi connectivity index (χ2v) is 15.6. The predicted octanol–water partition coefficient (Wildman–Crippen LogP) is 15.7. The van der Waals surface area contributed by atoms with Gasteiger partial charge in [0.1, 0.15) is 0 Å². The predicted molar refractivity (Wildman–Crippen MR) is 252 cm³/mol. The summed E-state index contributed by atoms with van der Waals surface area (Å²) in [5, 5.41) is 2.44. The number of fused-ring (bicyclic) bond motifs is 5. The summed E-state index contributed by atoms with van der Waals surface area (Å²) in [5.41, 5.74) is 17.5. The Labute approximate surface area is 352 Å². The van der Waals surface area contributed by atoms with Gasteiger partial charge in [-0.25, -0.2) is 0 Å². The lowest BCUT2D eigenvalue weighted by molar-refractivity contribution is 0.775. The highest BCUT2D eigenvalue weighted by Crippen LogP contribution is 2.61. The summed E-state index contributed by atoms with van der Waals surface area (Å²) in [7, 11) is 0. The second kappa shape index (κ2) is 14.9. The van der Waals surface area contributed by atoms with Gasteiger partial charge in [0.05, 0.1) is 11.1 Å². The quantitative estimate of drug-likeness (QED) is 0.149. The maximum atomic E-state index is 2.49. The smallest absolute Gasteiger partial charge is 0.0720 e. The third-order valence-electron chi connectivity index (χ3n) is 12.3. The summed E-state index contributed by atoms with van der Waals surface area (Å²) < 4.78 is 0. The molecule has 0 aromatic heterocycles. The number of benzene rings is 10. The Morgan fingerprint density at radius 2 is 0.717 bits per heavy atom. The molecule has 0 spiro atoms. The van der Waals surface area contributed by atoms with Gasteiger partial charge in [0, 0.05) is 16.9 Å². The number of rotatable bonds is 8. The number of hydrogen-bond donors (Lipinski definition) is 0. The Hall–Kier alpha value is -7.74. The average molecular weight is 764 g/mol. The Bertz CT molecular complexity index is 2960. The van der Waals surface area contributed by atoms with Crippen LogP contribution in [-0.2, 0) is 5.41 Å². The van der Waals surface area contributed by atoms with Crippen LogP contribution in [0.25, 0.3) is 55.3 Å². The molecule has 60 heavy (non-hydrogen) atoms. The zero-order chi connectivity index (χ0) is 39.9. The molecule has 0 amide bonds. The van der Waals surface area contributed by atoms with Crippen molar-refractivity contribution in [2.75, 3.05) is 4.90 Å². The number of nitrogens with zero attached hydrogens (tertiary/aromatic N) is 1. The lowest BCUT2D eigenvalue weighted by atomic mass is 9.66. The standard InChI is InChI=1S/C59H41N/c1-6-18-42(19-7-1)45-30-35-51(36-31-45)60(52-37-32-46(33-38-52)43-20-8-2-9-21-43)56-41-48-40-47(44-22-10-3-11-23-44)34-39-53(48)58-57(56)54-28-16-17-29-55(54)59(58,49-24-12-4-13-25-49)50-26-14-5-15-27-50/h1-41H. The first-order valence-electron chi connectivity index (χ1n) is 20.8. The van der Waals surface area contributed by atoms with E-state index in [1.54, 1.807) is 0 Å². The molecule has 11 rings (SSSR count). The Balaban J connectivity index is 1.25. The molecule has 0 heterocycles. The van der Waals surface area contributed by atoms with E-state index in [4.69, 9.17) is 0 Å². The van der Waals surface area contributed by atoms with Crippen molar-refractivity contribution in [2.24, 2.45) is 0 Å². The number of hydrogen-bond acceptors (Lipinski definition) is 1. The summed E-state index contributed by atoms with van der Waals surface area (Å²) in [6, 6.07) is 91.2. The van der Waals surface area contributed by atoms with Crippen molar-refractivity contribution in [3.8, 4) is 44.5 Å². The van der Waals surface area contributed by atoms with Crippen LogP contribution in [0.3, 0.4) is 0 Å². The van der Waals surface area contributed by atoms with Crippen LogP contribution in [0.2, 0.25) is 0 Å². The van der Waals surface area contributed by atoms with Crippen LogP contribution in [-0.4, -0.2) is 0 Å². The van der Waals surface area contributed by atoms with Gasteiger partial charge in [-0.2, -0.15) is 0 Å². The topological polar surface area (TPSA) is 3.24 Å². The molecule has 0 aliphatic heterocycles. The van der Waals surface area contributed by atoms with Crippen LogP contribution in [0.15, 0.2) is 249 Å². The van der Waals surface area contributed by atoms with Gasteiger partial charge < -0.3 is 4.90 Å². The van der Waals surface area contributed by atoms with E-state index in [0.29, 0.717) is 0 Å². The van der Waals surface area contributed by atoms with E-state index in [9.17, 15) is 0 Å². The molecule has 0 fully saturated rings. The van der Waals surface area contributed by atoms with Crippen molar-refractivity contribution in [3.63, 3.8) is 0 Å². The summed E-state index contributed by atoms with van der Waals surface area (Å²) in [6.45, 7) is 0. The summed E-state index contributed by atoms with van der Waals surface area (Å²) in [5.74, 6) is 0. The van der Waals surface area contributed by atoms with E-state index in [0.717, 1.165) is 17.1 Å². The minimum Gasteiger partial charge on any atom is -0.310 e. The minimum atomic E-state index is -0.586. The normalized spacial score (nSPS) is 12.5. The summed E-state index contributed by atoms with van der Waals surface area (Å²) in [6.07, 6.45) is 0. The third kappa shape index (κ3) is 5.86. The zero-order valence-corrected chi connectivity index (χ0v) is 33.1. The summed E-state index contributed by atoms with van der Waals surface area (Å²) >= 11 is 0. The van der Waals surface area contributed by atoms with Gasteiger partial charge >= 0.3 is 0 Å². The van der Waals surface area contributed by atoms with Crippen molar-refractivity contribution in [1.29, 1.82) is 0 Å². The molecule has 0 N–H and O–H groups in total. The molecule has 0 bridgehead atoms. The highest BCUT2D eigenvalue weighted by molar-refractivity contribution is 6.08. The molecule has 10 aromatic carbocycles. The average Bonchev–Trinajstić information content (AvgIpc) is 3.65. The van der Waals surface area contributed by atoms with E-state index in [-0.39, 0.29) is 0 Å². The van der Waals surface area contributed by atoms with Crippen molar-refractivity contribution in [1.82, 2.24) is 0 Å². The molecule has 282 valence electrons. The van der Waals surface area contributed by atoms with Crippen LogP contribution in [0.4, 0.5) is 17.1 Å². The van der Waals surface area contributed by atoms with E-state index in [1.165, 1.54) is 77.5 Å². The number of anilines is 3. The van der Waals surface area contributed by atoms with Crippen molar-refractivity contribution < 1.29 is 0 Å². The first kappa shape index (κ1) is 35.4. The van der Waals surface area contributed by atoms with Crippen molar-refractivity contribution in [2.45, 2.75) is 5.41 Å². The molecule has 10 aromatic rings. The zero-order valence-electron chi connectivity index (χ0n) is 33.1. The van der Waals surface area contributed by atoms with Crippen LogP contribution >= 0.6 is 0 Å². The SMILES string of the molecule is c1ccc(-c2ccc(N(c3ccc(-c4ccccc4)cc3)c3cc4cc(-c5ccccc5)ccc4c4c3-c3ccccc3C4(c3ccccc3)c3ccccc3)cc2)cc1. The largest absolute Gasteiger partial charge is 0.310 e. The van der Waals surface area contributed by atoms with E-state index >= 15 is 0 Å². The van der Waals surface area contributed by atoms with Crippen molar-refractivity contribution >= 4 is 27.8 Å². The molecule has 1 aliphatic carbocycles. The first-order chi connectivity index (χ1) is 29.8. The fraction of sp³-hybridized carbons (Fsp3) is 0.0169. The Morgan fingerprint density at radius 3 is 1.22 bits per heavy atom. The Morgan fingerprint density at radius 1 is 0.317 bits per heavy atom. The lowest BCUT2D eigenvalue weighted by Gasteiger charge is -2.35. The molecule has 0 radical (unpaired) electrons. The fourth-order valence-electron chi connectivity index (χ4n) is 9.64. The molecular formula is C59H41N. The summed E-state index contributed by atoms with van der Waals surface area (Å²) in [4.78, 5) is 2.49. The molecule has 0 saturated carbocycles. The maximum absolute atomic E-state index is 2.49. The Kier molecular flexibility index (Phi) is 8.79. The van der Waals surface area contributed by atoms with Gasteiger partial charge in [-0.15, -0.1) is 0 Å². The van der Waals surface area contributed by atoms with E-state index in [1.807, 2.05) is 0 Å². The molecule has 0 unspecified atom stereocenters. The molecule has 0 atom stereocenters. The van der Waals surface area contributed by atoms with Gasteiger partial charge in [-0.05, 0) is 108 Å². The van der Waals surface area contributed by atoms with E-state index < -0.39 is 5.41 Å². The monoisotopic (exact) mass is 763 g/mol. The third-order valence-corrected chi connectivity index (χ3v) is 12.3. The molecule has 1 aliphatic rings. The fourth-order valence-corrected chi connectivity index (χ4v) is 9.64.